The molecule has 39 heavy (non-hydrogen) atoms. The number of piperidine rings is 1. The number of β-amino-alcohol motifs (C(OH)–C–C–N with tert-alkyl or cyclic N) is 1. The zero-order valence-electron chi connectivity index (χ0n) is 20.7. The highest BCUT2D eigenvalue weighted by atomic mass is 35.5. The summed E-state index contributed by atoms with van der Waals surface area (Å²) >= 11 is 5.73. The van der Waals surface area contributed by atoms with Crippen LogP contribution in [0, 0.1) is 12.7 Å². The number of rotatable bonds is 8. The smallest absolute Gasteiger partial charge is 0.264 e. The van der Waals surface area contributed by atoms with E-state index < -0.39 is 33.0 Å². The first-order valence-corrected chi connectivity index (χ1v) is 14.0. The van der Waals surface area contributed by atoms with E-state index in [9.17, 15) is 17.2 Å². The van der Waals surface area contributed by atoms with Gasteiger partial charge in [-0.25, -0.2) is 22.2 Å². The van der Waals surface area contributed by atoms with Gasteiger partial charge in [-0.3, -0.25) is 14.7 Å². The number of anilines is 1. The Balaban J connectivity index is 1.40. The van der Waals surface area contributed by atoms with Crippen molar-refractivity contribution < 1.29 is 27.0 Å². The molecule has 0 radical (unpaired) electrons. The van der Waals surface area contributed by atoms with Crippen LogP contribution in [0.3, 0.4) is 0 Å². The lowest BCUT2D eigenvalue weighted by Gasteiger charge is -2.34. The average molecular weight is 579 g/mol. The Labute approximate surface area is 228 Å². The number of aliphatic hydroxyl groups excluding tert-OH is 1. The standard InChI is InChI=1S/C25H25ClF2N6O4S/c1-14-21-24(32-31-14)29-23(30-25(21)38-19-9-10-34(11-12-35)13-18(19)27)15-5-7-16(8-6-15)33-39(36,37)20-4-2-3-17(26)22(20)28/h2-8,18-19,33,35H,9-13H2,1H3,(H,29,30,31,32)/t18-,19+/m0/s1. The third kappa shape index (κ3) is 5.66. The van der Waals surface area contributed by atoms with Crippen LogP contribution < -0.4 is 9.46 Å². The first kappa shape index (κ1) is 27.2. The molecule has 14 heteroatoms. The summed E-state index contributed by atoms with van der Waals surface area (Å²) in [6, 6.07) is 9.86. The van der Waals surface area contributed by atoms with Crippen LogP contribution in [0.2, 0.25) is 5.02 Å². The number of nitrogens with one attached hydrogen (secondary N) is 2. The minimum atomic E-state index is -4.23. The number of hydrogen-bond donors (Lipinski definition) is 3. The van der Waals surface area contributed by atoms with Gasteiger partial charge in [0.1, 0.15) is 22.6 Å². The number of alkyl halides is 1. The van der Waals surface area contributed by atoms with Gasteiger partial charge >= 0.3 is 0 Å². The van der Waals surface area contributed by atoms with Crippen molar-refractivity contribution in [1.29, 1.82) is 0 Å². The highest BCUT2D eigenvalue weighted by molar-refractivity contribution is 7.92. The van der Waals surface area contributed by atoms with Gasteiger partial charge in [0.15, 0.2) is 17.3 Å². The third-order valence-corrected chi connectivity index (χ3v) is 8.10. The Hall–Kier alpha value is -3.39. The van der Waals surface area contributed by atoms with Crippen molar-refractivity contribution >= 4 is 38.3 Å². The normalized spacial score (nSPS) is 18.4. The van der Waals surface area contributed by atoms with Crippen molar-refractivity contribution in [3.8, 4) is 17.3 Å². The molecule has 0 unspecified atom stereocenters. The Kier molecular flexibility index (Phi) is 7.67. The molecule has 2 atom stereocenters. The summed E-state index contributed by atoms with van der Waals surface area (Å²) in [6.45, 7) is 2.84. The van der Waals surface area contributed by atoms with Crippen molar-refractivity contribution in [3.05, 3.63) is 59.0 Å². The molecule has 3 N–H and O–H groups in total. The van der Waals surface area contributed by atoms with Gasteiger partial charge in [-0.05, 0) is 49.7 Å². The molecule has 0 aliphatic carbocycles. The number of halogens is 3. The number of aromatic amines is 1. The summed E-state index contributed by atoms with van der Waals surface area (Å²) in [5.74, 6) is -0.600. The third-order valence-electron chi connectivity index (χ3n) is 6.41. The van der Waals surface area contributed by atoms with Gasteiger partial charge in [0.05, 0.1) is 17.3 Å². The van der Waals surface area contributed by atoms with Crippen molar-refractivity contribution in [2.45, 2.75) is 30.5 Å². The van der Waals surface area contributed by atoms with E-state index in [1.54, 1.807) is 19.1 Å². The molecule has 2 aromatic carbocycles. The Morgan fingerprint density at radius 1 is 1.23 bits per heavy atom. The largest absolute Gasteiger partial charge is 0.471 e. The maximum atomic E-state index is 14.9. The molecule has 2 aromatic heterocycles. The van der Waals surface area contributed by atoms with Gasteiger partial charge in [0.2, 0.25) is 5.88 Å². The van der Waals surface area contributed by atoms with Gasteiger partial charge in [-0.15, -0.1) is 0 Å². The zero-order chi connectivity index (χ0) is 27.7. The van der Waals surface area contributed by atoms with Gasteiger partial charge in [0, 0.05) is 30.9 Å². The number of ether oxygens (including phenoxy) is 1. The summed E-state index contributed by atoms with van der Waals surface area (Å²) in [4.78, 5) is 10.3. The van der Waals surface area contributed by atoms with Crippen molar-refractivity contribution in [1.82, 2.24) is 25.1 Å². The minimum absolute atomic E-state index is 0.0416. The number of aryl methyl sites for hydroxylation is 1. The molecular weight excluding hydrogens is 554 g/mol. The number of aliphatic hydroxyl groups is 1. The number of likely N-dealkylation sites (tertiary alicyclic amines) is 1. The van der Waals surface area contributed by atoms with E-state index in [1.165, 1.54) is 24.3 Å². The van der Waals surface area contributed by atoms with E-state index in [0.29, 0.717) is 41.8 Å². The van der Waals surface area contributed by atoms with Crippen LogP contribution in [0.15, 0.2) is 47.4 Å². The zero-order valence-corrected chi connectivity index (χ0v) is 22.3. The summed E-state index contributed by atoms with van der Waals surface area (Å²) in [6.07, 6.45) is -1.59. The molecule has 1 saturated heterocycles. The summed E-state index contributed by atoms with van der Waals surface area (Å²) < 4.78 is 62.9. The second kappa shape index (κ2) is 11.0. The van der Waals surface area contributed by atoms with Crippen molar-refractivity contribution in [2.75, 3.05) is 31.0 Å². The summed E-state index contributed by atoms with van der Waals surface area (Å²) in [5, 5.41) is 16.4. The molecule has 0 saturated carbocycles. The van der Waals surface area contributed by atoms with E-state index in [0.717, 1.165) is 6.07 Å². The van der Waals surface area contributed by atoms with Crippen molar-refractivity contribution in [2.24, 2.45) is 0 Å². The van der Waals surface area contributed by atoms with E-state index in [2.05, 4.69) is 24.9 Å². The van der Waals surface area contributed by atoms with Crippen LogP contribution in [-0.2, 0) is 10.0 Å². The predicted octanol–water partition coefficient (Wildman–Crippen LogP) is 3.71. The SMILES string of the molecule is Cc1n[nH]c2nc(-c3ccc(NS(=O)(=O)c4cccc(Cl)c4F)cc3)nc(O[C@@H]3CCN(CCO)C[C@@H]3F)c12. The molecule has 10 nitrogen and oxygen atoms in total. The summed E-state index contributed by atoms with van der Waals surface area (Å²) in [7, 11) is -4.23. The first-order chi connectivity index (χ1) is 18.7. The average Bonchev–Trinajstić information content (AvgIpc) is 3.28. The molecule has 4 aromatic rings. The number of hydrogen-bond acceptors (Lipinski definition) is 8. The quantitative estimate of drug-likeness (QED) is 0.288. The number of aromatic nitrogens is 4. The highest BCUT2D eigenvalue weighted by Gasteiger charge is 2.32. The first-order valence-electron chi connectivity index (χ1n) is 12.1. The fraction of sp³-hybridized carbons (Fsp3) is 0.320. The topological polar surface area (TPSA) is 133 Å². The molecule has 1 aliphatic rings. The number of fused-ring (bicyclic) bond motifs is 1. The number of benzene rings is 2. The van der Waals surface area contributed by atoms with E-state index >= 15 is 0 Å². The van der Waals surface area contributed by atoms with Gasteiger partial charge in [-0.2, -0.15) is 10.1 Å². The molecule has 206 valence electrons. The maximum Gasteiger partial charge on any atom is 0.264 e. The van der Waals surface area contributed by atoms with Crippen LogP contribution in [0.5, 0.6) is 5.88 Å². The molecule has 0 bridgehead atoms. The van der Waals surface area contributed by atoms with E-state index in [1.807, 2.05) is 4.90 Å². The lowest BCUT2D eigenvalue weighted by molar-refractivity contribution is 0.0153. The Bertz CT molecular complexity index is 1600. The number of H-pyrrole nitrogens is 1. The predicted molar refractivity (Wildman–Crippen MR) is 142 cm³/mol. The van der Waals surface area contributed by atoms with Crippen LogP contribution in [0.4, 0.5) is 14.5 Å². The fourth-order valence-electron chi connectivity index (χ4n) is 4.41. The second-order valence-electron chi connectivity index (χ2n) is 9.10. The lowest BCUT2D eigenvalue weighted by atomic mass is 10.1. The van der Waals surface area contributed by atoms with Gasteiger partial charge in [0.25, 0.3) is 10.0 Å². The molecule has 3 heterocycles. The fourth-order valence-corrected chi connectivity index (χ4v) is 5.80. The van der Waals surface area contributed by atoms with E-state index in [-0.39, 0.29) is 35.6 Å². The van der Waals surface area contributed by atoms with Gasteiger partial charge < -0.3 is 9.84 Å². The Morgan fingerprint density at radius 2 is 2.00 bits per heavy atom. The molecule has 5 rings (SSSR count). The van der Waals surface area contributed by atoms with Gasteiger partial charge in [-0.1, -0.05) is 17.7 Å². The monoisotopic (exact) mass is 578 g/mol. The second-order valence-corrected chi connectivity index (χ2v) is 11.2. The molecule has 1 fully saturated rings. The number of nitrogens with zero attached hydrogens (tertiary/aromatic N) is 4. The summed E-state index contributed by atoms with van der Waals surface area (Å²) in [5.41, 5.74) is 1.71. The van der Waals surface area contributed by atoms with Crippen LogP contribution in [0.1, 0.15) is 12.1 Å². The lowest BCUT2D eigenvalue weighted by Crippen LogP contribution is -2.47. The van der Waals surface area contributed by atoms with Crippen molar-refractivity contribution in [3.63, 3.8) is 0 Å². The van der Waals surface area contributed by atoms with Crippen LogP contribution in [-0.4, -0.2) is 77.1 Å². The molecule has 0 amide bonds. The minimum Gasteiger partial charge on any atom is -0.471 e. The molecule has 0 spiro atoms. The highest BCUT2D eigenvalue weighted by Crippen LogP contribution is 2.31. The Morgan fingerprint density at radius 3 is 2.72 bits per heavy atom. The molecular formula is C25H25ClF2N6O4S. The van der Waals surface area contributed by atoms with E-state index in [4.69, 9.17) is 21.4 Å². The maximum absolute atomic E-state index is 14.9. The van der Waals surface area contributed by atoms with Crippen LogP contribution >= 0.6 is 11.6 Å². The van der Waals surface area contributed by atoms with Crippen LogP contribution in [0.25, 0.3) is 22.4 Å². The number of sulfonamides is 1. The molecule has 1 aliphatic heterocycles.